The van der Waals surface area contributed by atoms with Crippen molar-refractivity contribution >= 4 is 5.69 Å². The van der Waals surface area contributed by atoms with Crippen LogP contribution in [0.2, 0.25) is 0 Å². The van der Waals surface area contributed by atoms with E-state index in [9.17, 15) is 0 Å². The first-order chi connectivity index (χ1) is 7.99. The van der Waals surface area contributed by atoms with Crippen molar-refractivity contribution in [3.63, 3.8) is 0 Å². The Morgan fingerprint density at radius 2 is 2.00 bits per heavy atom. The van der Waals surface area contributed by atoms with Crippen LogP contribution in [0, 0.1) is 20.8 Å². The van der Waals surface area contributed by atoms with Gasteiger partial charge in [0.05, 0.1) is 17.6 Å². The van der Waals surface area contributed by atoms with Gasteiger partial charge in [0.15, 0.2) is 5.75 Å². The average molecular weight is 232 g/mol. The average Bonchev–Trinajstić information content (AvgIpc) is 2.48. The number of nitrogens with zero attached hydrogens (tertiary/aromatic N) is 3. The van der Waals surface area contributed by atoms with Crippen LogP contribution < -0.4 is 10.5 Å². The van der Waals surface area contributed by atoms with Gasteiger partial charge in [-0.3, -0.25) is 4.68 Å². The van der Waals surface area contributed by atoms with E-state index in [-0.39, 0.29) is 0 Å². The van der Waals surface area contributed by atoms with Crippen LogP contribution in [0.15, 0.2) is 12.3 Å². The summed E-state index contributed by atoms with van der Waals surface area (Å²) in [5, 5.41) is 4.29. The Bertz CT molecular complexity index is 560. The summed E-state index contributed by atoms with van der Waals surface area (Å²) in [7, 11) is 1.89. The normalized spacial score (nSPS) is 10.6. The zero-order chi connectivity index (χ0) is 12.6. The van der Waals surface area contributed by atoms with E-state index in [1.54, 1.807) is 10.9 Å². The molecule has 0 aliphatic rings. The van der Waals surface area contributed by atoms with Crippen LogP contribution in [0.3, 0.4) is 0 Å². The highest BCUT2D eigenvalue weighted by atomic mass is 16.5. The molecule has 0 atom stereocenters. The molecule has 0 aromatic carbocycles. The predicted octanol–water partition coefficient (Wildman–Crippen LogP) is 2.11. The summed E-state index contributed by atoms with van der Waals surface area (Å²) >= 11 is 0. The Hall–Kier alpha value is -2.04. The van der Waals surface area contributed by atoms with E-state index >= 15 is 0 Å². The lowest BCUT2D eigenvalue weighted by Gasteiger charge is -2.08. The number of anilines is 1. The maximum absolute atomic E-state index is 5.80. The van der Waals surface area contributed by atoms with Crippen molar-refractivity contribution in [1.29, 1.82) is 0 Å². The van der Waals surface area contributed by atoms with Crippen molar-refractivity contribution in [3.8, 4) is 11.6 Å². The van der Waals surface area contributed by atoms with Crippen LogP contribution in [0.4, 0.5) is 5.69 Å². The van der Waals surface area contributed by atoms with Crippen LogP contribution in [0.1, 0.15) is 17.0 Å². The first-order valence-electron chi connectivity index (χ1n) is 5.39. The Labute approximate surface area is 100 Å². The van der Waals surface area contributed by atoms with Crippen molar-refractivity contribution in [2.75, 3.05) is 5.73 Å². The van der Waals surface area contributed by atoms with Crippen molar-refractivity contribution in [3.05, 3.63) is 29.2 Å². The van der Waals surface area contributed by atoms with E-state index in [1.165, 1.54) is 0 Å². The van der Waals surface area contributed by atoms with Gasteiger partial charge < -0.3 is 10.5 Å². The second-order valence-corrected chi connectivity index (χ2v) is 4.12. The van der Waals surface area contributed by atoms with Crippen molar-refractivity contribution in [2.24, 2.45) is 7.05 Å². The molecule has 17 heavy (non-hydrogen) atoms. The molecule has 90 valence electrons. The van der Waals surface area contributed by atoms with Crippen LogP contribution in [-0.4, -0.2) is 14.8 Å². The SMILES string of the molecule is Cc1cc(N)cnc1Oc1c(C)nn(C)c1C. The van der Waals surface area contributed by atoms with Crippen LogP contribution in [0.25, 0.3) is 0 Å². The number of hydrogen-bond acceptors (Lipinski definition) is 4. The number of rotatable bonds is 2. The van der Waals surface area contributed by atoms with Crippen LogP contribution in [0.5, 0.6) is 11.6 Å². The zero-order valence-electron chi connectivity index (χ0n) is 10.5. The van der Waals surface area contributed by atoms with Crippen molar-refractivity contribution in [1.82, 2.24) is 14.8 Å². The summed E-state index contributed by atoms with van der Waals surface area (Å²) in [4.78, 5) is 4.18. The summed E-state index contributed by atoms with van der Waals surface area (Å²) in [5.41, 5.74) is 9.02. The maximum Gasteiger partial charge on any atom is 0.222 e. The standard InChI is InChI=1S/C12H16N4O/c1-7-5-10(13)6-14-12(7)17-11-8(2)15-16(4)9(11)3/h5-6H,13H2,1-4H3. The molecule has 0 aliphatic heterocycles. The lowest BCUT2D eigenvalue weighted by Crippen LogP contribution is -1.96. The fraction of sp³-hybridized carbons (Fsp3) is 0.333. The van der Waals surface area contributed by atoms with Crippen molar-refractivity contribution < 1.29 is 4.74 Å². The van der Waals surface area contributed by atoms with Gasteiger partial charge in [0.1, 0.15) is 5.69 Å². The molecule has 2 N–H and O–H groups in total. The number of pyridine rings is 1. The Morgan fingerprint density at radius 1 is 1.29 bits per heavy atom. The molecule has 0 spiro atoms. The summed E-state index contributed by atoms with van der Waals surface area (Å²) in [6.45, 7) is 5.79. The number of aromatic nitrogens is 3. The molecule has 5 nitrogen and oxygen atoms in total. The Kier molecular flexibility index (Phi) is 2.75. The molecule has 0 unspecified atom stereocenters. The van der Waals surface area contributed by atoms with E-state index in [4.69, 9.17) is 10.5 Å². The highest BCUT2D eigenvalue weighted by Gasteiger charge is 2.13. The Balaban J connectivity index is 2.38. The monoisotopic (exact) mass is 232 g/mol. The zero-order valence-corrected chi connectivity index (χ0v) is 10.5. The molecule has 0 fully saturated rings. The number of hydrogen-bond donors (Lipinski definition) is 1. The lowest BCUT2D eigenvalue weighted by molar-refractivity contribution is 0.451. The lowest BCUT2D eigenvalue weighted by atomic mass is 10.3. The van der Waals surface area contributed by atoms with Gasteiger partial charge in [0.2, 0.25) is 5.88 Å². The molecule has 2 aromatic heterocycles. The molecular weight excluding hydrogens is 216 g/mol. The minimum Gasteiger partial charge on any atom is -0.435 e. The van der Waals surface area contributed by atoms with E-state index < -0.39 is 0 Å². The summed E-state index contributed by atoms with van der Waals surface area (Å²) < 4.78 is 7.59. The molecule has 0 aliphatic carbocycles. The van der Waals surface area contributed by atoms with Crippen molar-refractivity contribution in [2.45, 2.75) is 20.8 Å². The van der Waals surface area contributed by atoms with E-state index in [0.717, 1.165) is 22.7 Å². The maximum atomic E-state index is 5.80. The smallest absolute Gasteiger partial charge is 0.222 e. The minimum atomic E-state index is 0.568. The number of ether oxygens (including phenoxy) is 1. The first kappa shape index (κ1) is 11.4. The van der Waals surface area contributed by atoms with Gasteiger partial charge in [-0.2, -0.15) is 5.10 Å². The van der Waals surface area contributed by atoms with Gasteiger partial charge in [-0.25, -0.2) is 4.98 Å². The van der Waals surface area contributed by atoms with Gasteiger partial charge in [-0.1, -0.05) is 0 Å². The van der Waals surface area contributed by atoms with E-state index in [1.807, 2.05) is 33.9 Å². The third-order valence-corrected chi connectivity index (χ3v) is 2.69. The minimum absolute atomic E-state index is 0.568. The third kappa shape index (κ3) is 2.08. The van der Waals surface area contributed by atoms with Gasteiger partial charge in [-0.15, -0.1) is 0 Å². The largest absolute Gasteiger partial charge is 0.435 e. The summed E-state index contributed by atoms with van der Waals surface area (Å²) in [6.07, 6.45) is 1.59. The predicted molar refractivity (Wildman–Crippen MR) is 66.1 cm³/mol. The molecule has 2 aromatic rings. The number of aryl methyl sites for hydroxylation is 3. The topological polar surface area (TPSA) is 66.0 Å². The molecule has 0 radical (unpaired) electrons. The molecule has 0 saturated heterocycles. The van der Waals surface area contributed by atoms with Gasteiger partial charge in [0, 0.05) is 12.6 Å². The summed E-state index contributed by atoms with van der Waals surface area (Å²) in [5.74, 6) is 1.33. The van der Waals surface area contributed by atoms with E-state index in [0.29, 0.717) is 11.6 Å². The molecule has 2 rings (SSSR count). The van der Waals surface area contributed by atoms with Crippen LogP contribution in [-0.2, 0) is 7.05 Å². The fourth-order valence-corrected chi connectivity index (χ4v) is 1.69. The van der Waals surface area contributed by atoms with Crippen LogP contribution >= 0.6 is 0 Å². The van der Waals surface area contributed by atoms with Gasteiger partial charge in [-0.05, 0) is 26.8 Å². The molecule has 0 saturated carbocycles. The quantitative estimate of drug-likeness (QED) is 0.861. The molecule has 0 bridgehead atoms. The number of nitrogen functional groups attached to an aromatic ring is 1. The first-order valence-corrected chi connectivity index (χ1v) is 5.39. The molecular formula is C12H16N4O. The second-order valence-electron chi connectivity index (χ2n) is 4.12. The molecule has 5 heteroatoms. The highest BCUT2D eigenvalue weighted by Crippen LogP contribution is 2.28. The van der Waals surface area contributed by atoms with E-state index in [2.05, 4.69) is 10.1 Å². The molecule has 0 amide bonds. The Morgan fingerprint density at radius 3 is 2.53 bits per heavy atom. The number of nitrogens with two attached hydrogens (primary N) is 1. The molecule has 2 heterocycles. The van der Waals surface area contributed by atoms with Gasteiger partial charge >= 0.3 is 0 Å². The highest BCUT2D eigenvalue weighted by molar-refractivity contribution is 5.44. The van der Waals surface area contributed by atoms with Gasteiger partial charge in [0.25, 0.3) is 0 Å². The second kappa shape index (κ2) is 4.08. The fourth-order valence-electron chi connectivity index (χ4n) is 1.69. The third-order valence-electron chi connectivity index (χ3n) is 2.69. The summed E-state index contributed by atoms with van der Waals surface area (Å²) in [6, 6.07) is 1.84.